The number of ether oxygens (including phenoxy) is 2. The average Bonchev–Trinajstić information content (AvgIpc) is 2.98. The molecule has 0 radical (unpaired) electrons. The Morgan fingerprint density at radius 3 is 2.74 bits per heavy atom. The molecule has 5 nitrogen and oxygen atoms in total. The predicted octanol–water partition coefficient (Wildman–Crippen LogP) is 1.16. The third-order valence-corrected chi connectivity index (χ3v) is 3.30. The topological polar surface area (TPSA) is 64.8 Å². The molecular weight excluding hydrogens is 244 g/mol. The van der Waals surface area contributed by atoms with Gasteiger partial charge in [-0.2, -0.15) is 0 Å². The van der Waals surface area contributed by atoms with E-state index in [0.29, 0.717) is 18.0 Å². The molecule has 1 fully saturated rings. The first-order valence-corrected chi connectivity index (χ1v) is 6.52. The van der Waals surface area contributed by atoms with Gasteiger partial charge >= 0.3 is 0 Å². The van der Waals surface area contributed by atoms with Gasteiger partial charge in [-0.05, 0) is 18.9 Å². The molecule has 0 spiro atoms. The van der Waals surface area contributed by atoms with Crippen molar-refractivity contribution in [2.75, 3.05) is 26.8 Å². The smallest absolute Gasteiger partial charge is 0.260 e. The van der Waals surface area contributed by atoms with Crippen molar-refractivity contribution < 1.29 is 14.3 Å². The van der Waals surface area contributed by atoms with Crippen LogP contribution in [0.5, 0.6) is 11.5 Å². The lowest BCUT2D eigenvalue weighted by Crippen LogP contribution is -2.32. The predicted molar refractivity (Wildman–Crippen MR) is 72.2 cm³/mol. The highest BCUT2D eigenvalue weighted by atomic mass is 16.5. The highest BCUT2D eigenvalue weighted by molar-refractivity contribution is 5.78. The molecule has 5 heteroatoms. The molecule has 0 aromatic heterocycles. The van der Waals surface area contributed by atoms with Crippen molar-refractivity contribution in [1.82, 2.24) is 4.90 Å². The minimum Gasteiger partial charge on any atom is -0.493 e. The van der Waals surface area contributed by atoms with Gasteiger partial charge in [0, 0.05) is 25.2 Å². The number of nitrogens with zero attached hydrogens (tertiary/aromatic N) is 1. The Balaban J connectivity index is 2.03. The fourth-order valence-electron chi connectivity index (χ4n) is 2.24. The Bertz CT molecular complexity index is 420. The molecule has 104 valence electrons. The number of nitrogens with two attached hydrogens (primary N) is 1. The van der Waals surface area contributed by atoms with Crippen LogP contribution in [0.15, 0.2) is 18.2 Å². The van der Waals surface area contributed by atoms with E-state index in [2.05, 4.69) is 0 Å². The highest BCUT2D eigenvalue weighted by Gasteiger charge is 2.19. The number of rotatable bonds is 5. The Kier molecular flexibility index (Phi) is 4.63. The van der Waals surface area contributed by atoms with Crippen LogP contribution in [0.25, 0.3) is 0 Å². The molecule has 1 aliphatic rings. The van der Waals surface area contributed by atoms with Crippen LogP contribution in [-0.2, 0) is 11.3 Å². The van der Waals surface area contributed by atoms with Crippen LogP contribution >= 0.6 is 0 Å². The molecule has 1 saturated heterocycles. The summed E-state index contributed by atoms with van der Waals surface area (Å²) < 4.78 is 10.9. The second kappa shape index (κ2) is 6.43. The number of benzene rings is 1. The van der Waals surface area contributed by atoms with E-state index < -0.39 is 0 Å². The van der Waals surface area contributed by atoms with Gasteiger partial charge in [-0.15, -0.1) is 0 Å². The van der Waals surface area contributed by atoms with Crippen molar-refractivity contribution >= 4 is 5.91 Å². The highest BCUT2D eigenvalue weighted by Crippen LogP contribution is 2.30. The average molecular weight is 264 g/mol. The van der Waals surface area contributed by atoms with Crippen molar-refractivity contribution in [3.63, 3.8) is 0 Å². The number of carbonyl (C=O) groups is 1. The Morgan fingerprint density at radius 2 is 2.11 bits per heavy atom. The fraction of sp³-hybridized carbons (Fsp3) is 0.500. The van der Waals surface area contributed by atoms with Gasteiger partial charge in [0.05, 0.1) is 7.11 Å². The molecule has 2 N–H and O–H groups in total. The maximum Gasteiger partial charge on any atom is 0.260 e. The summed E-state index contributed by atoms with van der Waals surface area (Å²) in [7, 11) is 1.57. The van der Waals surface area contributed by atoms with Crippen molar-refractivity contribution in [1.29, 1.82) is 0 Å². The van der Waals surface area contributed by atoms with Crippen LogP contribution in [0.3, 0.4) is 0 Å². The molecule has 1 aliphatic heterocycles. The number of likely N-dealkylation sites (tertiary alicyclic amines) is 1. The normalized spacial score (nSPS) is 14.5. The largest absolute Gasteiger partial charge is 0.493 e. The van der Waals surface area contributed by atoms with E-state index in [-0.39, 0.29) is 12.5 Å². The number of hydrogen-bond acceptors (Lipinski definition) is 4. The third kappa shape index (κ3) is 3.17. The lowest BCUT2D eigenvalue weighted by atomic mass is 10.2. The third-order valence-electron chi connectivity index (χ3n) is 3.30. The van der Waals surface area contributed by atoms with Gasteiger partial charge < -0.3 is 20.1 Å². The molecule has 0 aliphatic carbocycles. The van der Waals surface area contributed by atoms with Gasteiger partial charge in [0.2, 0.25) is 0 Å². The first kappa shape index (κ1) is 13.7. The summed E-state index contributed by atoms with van der Waals surface area (Å²) in [5.41, 5.74) is 6.51. The molecule has 2 rings (SSSR count). The molecular formula is C14H20N2O3. The van der Waals surface area contributed by atoms with Gasteiger partial charge in [-0.3, -0.25) is 4.79 Å². The zero-order valence-corrected chi connectivity index (χ0v) is 11.2. The van der Waals surface area contributed by atoms with Crippen molar-refractivity contribution in [3.05, 3.63) is 23.8 Å². The Hall–Kier alpha value is -1.75. The number of methoxy groups -OCH3 is 1. The number of amides is 1. The van der Waals surface area contributed by atoms with Gasteiger partial charge in [0.15, 0.2) is 18.1 Å². The summed E-state index contributed by atoms with van der Waals surface area (Å²) in [5, 5.41) is 0. The monoisotopic (exact) mass is 264 g/mol. The van der Waals surface area contributed by atoms with Gasteiger partial charge in [0.1, 0.15) is 0 Å². The van der Waals surface area contributed by atoms with Crippen molar-refractivity contribution in [2.45, 2.75) is 19.4 Å². The summed E-state index contributed by atoms with van der Waals surface area (Å²) >= 11 is 0. The Morgan fingerprint density at radius 1 is 1.37 bits per heavy atom. The van der Waals surface area contributed by atoms with E-state index in [4.69, 9.17) is 15.2 Å². The summed E-state index contributed by atoms with van der Waals surface area (Å²) in [6.45, 7) is 2.05. The molecule has 0 atom stereocenters. The van der Waals surface area contributed by atoms with Gasteiger partial charge in [-0.25, -0.2) is 0 Å². The van der Waals surface area contributed by atoms with E-state index in [1.165, 1.54) is 0 Å². The van der Waals surface area contributed by atoms with Gasteiger partial charge in [-0.1, -0.05) is 12.1 Å². The second-order valence-corrected chi connectivity index (χ2v) is 4.53. The van der Waals surface area contributed by atoms with Crippen LogP contribution in [0.4, 0.5) is 0 Å². The fourth-order valence-corrected chi connectivity index (χ4v) is 2.24. The quantitative estimate of drug-likeness (QED) is 0.866. The molecule has 1 heterocycles. The molecule has 0 unspecified atom stereocenters. The molecule has 1 aromatic rings. The Labute approximate surface area is 113 Å². The van der Waals surface area contributed by atoms with E-state index in [1.807, 2.05) is 17.0 Å². The van der Waals surface area contributed by atoms with Crippen molar-refractivity contribution in [2.24, 2.45) is 5.73 Å². The van der Waals surface area contributed by atoms with E-state index in [1.54, 1.807) is 13.2 Å². The number of hydrogen-bond donors (Lipinski definition) is 1. The second-order valence-electron chi connectivity index (χ2n) is 4.53. The summed E-state index contributed by atoms with van der Waals surface area (Å²) in [4.78, 5) is 13.8. The number of carbonyl (C=O) groups excluding carboxylic acids is 1. The number of para-hydroxylation sites is 1. The van der Waals surface area contributed by atoms with E-state index in [9.17, 15) is 4.79 Å². The minimum absolute atomic E-state index is 0.0198. The van der Waals surface area contributed by atoms with E-state index in [0.717, 1.165) is 31.5 Å². The maximum absolute atomic E-state index is 11.9. The lowest BCUT2D eigenvalue weighted by Gasteiger charge is -2.18. The van der Waals surface area contributed by atoms with Crippen molar-refractivity contribution in [3.8, 4) is 11.5 Å². The first-order valence-electron chi connectivity index (χ1n) is 6.52. The summed E-state index contributed by atoms with van der Waals surface area (Å²) in [6, 6.07) is 5.53. The molecule has 1 aromatic carbocycles. The van der Waals surface area contributed by atoms with Crippen LogP contribution in [0, 0.1) is 0 Å². The van der Waals surface area contributed by atoms with Gasteiger partial charge in [0.25, 0.3) is 5.91 Å². The van der Waals surface area contributed by atoms with Crippen LogP contribution in [0.1, 0.15) is 18.4 Å². The summed E-state index contributed by atoms with van der Waals surface area (Å²) in [6.07, 6.45) is 2.16. The lowest BCUT2D eigenvalue weighted by molar-refractivity contribution is -0.132. The van der Waals surface area contributed by atoms with E-state index >= 15 is 0 Å². The maximum atomic E-state index is 11.9. The summed E-state index contributed by atoms with van der Waals surface area (Å²) in [5.74, 6) is 1.20. The first-order chi connectivity index (χ1) is 9.26. The molecule has 19 heavy (non-hydrogen) atoms. The molecule has 0 saturated carbocycles. The zero-order valence-electron chi connectivity index (χ0n) is 11.2. The zero-order chi connectivity index (χ0) is 13.7. The standard InChI is InChI=1S/C14H20N2O3/c1-18-12-6-4-5-11(9-15)14(12)19-10-13(17)16-7-2-3-8-16/h4-6H,2-3,7-10,15H2,1H3. The molecule has 1 amide bonds. The van der Waals surface area contributed by atoms with Crippen LogP contribution in [0.2, 0.25) is 0 Å². The minimum atomic E-state index is 0.0198. The van der Waals surface area contributed by atoms with Crippen LogP contribution in [-0.4, -0.2) is 37.6 Å². The van der Waals surface area contributed by atoms with Crippen LogP contribution < -0.4 is 15.2 Å². The SMILES string of the molecule is COc1cccc(CN)c1OCC(=O)N1CCCC1. The molecule has 0 bridgehead atoms.